The van der Waals surface area contributed by atoms with Crippen LogP contribution in [0.3, 0.4) is 0 Å². The fraction of sp³-hybridized carbons (Fsp3) is 0.480. The highest BCUT2D eigenvalue weighted by Crippen LogP contribution is 2.37. The van der Waals surface area contributed by atoms with Crippen LogP contribution in [0.1, 0.15) is 58.1 Å². The van der Waals surface area contributed by atoms with Gasteiger partial charge in [0.1, 0.15) is 5.78 Å². The van der Waals surface area contributed by atoms with E-state index in [9.17, 15) is 9.59 Å². The van der Waals surface area contributed by atoms with E-state index >= 15 is 0 Å². The zero-order valence-electron chi connectivity index (χ0n) is 18.8. The van der Waals surface area contributed by atoms with Crippen LogP contribution in [0.5, 0.6) is 0 Å². The first kappa shape index (κ1) is 24.5. The number of hydrogen-bond acceptors (Lipinski definition) is 3. The second-order valence-electron chi connectivity index (χ2n) is 7.93. The third-order valence-electron chi connectivity index (χ3n) is 4.84. The minimum absolute atomic E-state index is 0.0276. The van der Waals surface area contributed by atoms with Gasteiger partial charge in [-0.3, -0.25) is 14.6 Å². The molecule has 1 heterocycles. The lowest BCUT2D eigenvalue weighted by Gasteiger charge is -2.03. The number of carbonyl (C=O) groups is 2. The van der Waals surface area contributed by atoms with Gasteiger partial charge < -0.3 is 5.32 Å². The molecule has 1 N–H and O–H groups in total. The van der Waals surface area contributed by atoms with Crippen molar-refractivity contribution in [2.45, 2.75) is 60.8 Å². The number of rotatable bonds is 5. The Morgan fingerprint density at radius 1 is 1.10 bits per heavy atom. The maximum atomic E-state index is 10.1. The smallest absolute Gasteiger partial charge is 0.217 e. The van der Waals surface area contributed by atoms with Crippen LogP contribution in [-0.4, -0.2) is 23.2 Å². The number of nitrogens with one attached hydrogen (secondary N) is 1. The average Bonchev–Trinajstić information content (AvgIpc) is 3.52. The molecule has 29 heavy (non-hydrogen) atoms. The van der Waals surface area contributed by atoms with Crippen LogP contribution in [0, 0.1) is 25.7 Å². The van der Waals surface area contributed by atoms with E-state index in [1.54, 1.807) is 0 Å². The largest absolute Gasteiger partial charge is 0.349 e. The van der Waals surface area contributed by atoms with Crippen LogP contribution in [-0.2, 0) is 9.59 Å². The fourth-order valence-electron chi connectivity index (χ4n) is 2.90. The number of hydrogen-bond donors (Lipinski definition) is 1. The van der Waals surface area contributed by atoms with Crippen LogP contribution in [0.25, 0.3) is 11.3 Å². The van der Waals surface area contributed by atoms with E-state index in [-0.39, 0.29) is 18.2 Å². The van der Waals surface area contributed by atoms with Crippen molar-refractivity contribution in [1.82, 2.24) is 10.3 Å². The Morgan fingerprint density at radius 3 is 2.07 bits per heavy atom. The Labute approximate surface area is 176 Å². The van der Waals surface area contributed by atoms with Crippen molar-refractivity contribution in [3.8, 4) is 11.3 Å². The zero-order chi connectivity index (χ0) is 21.8. The number of aromatic nitrogens is 1. The van der Waals surface area contributed by atoms with Crippen LogP contribution in [0.15, 0.2) is 42.6 Å². The van der Waals surface area contributed by atoms with E-state index in [1.807, 2.05) is 24.4 Å². The molecule has 0 spiro atoms. The Kier molecular flexibility index (Phi) is 10.9. The molecule has 0 aliphatic heterocycles. The first-order chi connectivity index (χ1) is 13.7. The molecular formula is C25H36N2O2. The summed E-state index contributed by atoms with van der Waals surface area (Å²) in [6.07, 6.45) is 6.22. The van der Waals surface area contributed by atoms with Crippen LogP contribution in [0.4, 0.5) is 0 Å². The van der Waals surface area contributed by atoms with E-state index < -0.39 is 0 Å². The summed E-state index contributed by atoms with van der Waals surface area (Å²) in [5.41, 5.74) is 4.80. The summed E-state index contributed by atoms with van der Waals surface area (Å²) in [6.45, 7) is 11.8. The van der Waals surface area contributed by atoms with Crippen molar-refractivity contribution >= 4 is 11.7 Å². The normalized spacial score (nSPS) is 13.2. The van der Waals surface area contributed by atoms with Crippen molar-refractivity contribution in [3.05, 3.63) is 53.7 Å². The molecule has 1 fully saturated rings. The average molecular weight is 397 g/mol. The number of Topliss-reactive ketones (excluding diaryl/α,β-unsaturated/α-hetero) is 1. The van der Waals surface area contributed by atoms with Gasteiger partial charge in [-0.25, -0.2) is 0 Å². The highest BCUT2D eigenvalue weighted by atomic mass is 16.2. The number of benzene rings is 1. The van der Waals surface area contributed by atoms with Gasteiger partial charge in [0.25, 0.3) is 0 Å². The van der Waals surface area contributed by atoms with Crippen LogP contribution < -0.4 is 5.32 Å². The van der Waals surface area contributed by atoms with Gasteiger partial charge in [-0.05, 0) is 69.7 Å². The molecule has 0 saturated heterocycles. The van der Waals surface area contributed by atoms with Gasteiger partial charge in [-0.15, -0.1) is 0 Å². The molecule has 1 aliphatic rings. The first-order valence-corrected chi connectivity index (χ1v) is 10.5. The molecule has 0 radical (unpaired) electrons. The van der Waals surface area contributed by atoms with Gasteiger partial charge in [0.05, 0.1) is 12.2 Å². The fourth-order valence-corrected chi connectivity index (χ4v) is 2.90. The Morgan fingerprint density at radius 2 is 1.72 bits per heavy atom. The Balaban J connectivity index is 0.000000239. The van der Waals surface area contributed by atoms with Gasteiger partial charge >= 0.3 is 0 Å². The summed E-state index contributed by atoms with van der Waals surface area (Å²) in [5.74, 6) is 1.94. The van der Waals surface area contributed by atoms with Crippen molar-refractivity contribution in [1.29, 1.82) is 0 Å². The molecule has 2 aromatic rings. The molecule has 3 rings (SSSR count). The molecule has 158 valence electrons. The van der Waals surface area contributed by atoms with E-state index in [2.05, 4.69) is 56.2 Å². The summed E-state index contributed by atoms with van der Waals surface area (Å²) < 4.78 is 0. The third kappa shape index (κ3) is 11.2. The van der Waals surface area contributed by atoms with Gasteiger partial charge in [0, 0.05) is 18.7 Å². The minimum Gasteiger partial charge on any atom is -0.349 e. The second kappa shape index (κ2) is 12.9. The highest BCUT2D eigenvalue weighted by Gasteiger charge is 2.25. The Bertz CT molecular complexity index is 733. The molecule has 1 atom stereocenters. The highest BCUT2D eigenvalue weighted by molar-refractivity contribution is 5.83. The predicted molar refractivity (Wildman–Crippen MR) is 121 cm³/mol. The second-order valence-corrected chi connectivity index (χ2v) is 7.93. The van der Waals surface area contributed by atoms with Gasteiger partial charge in [-0.2, -0.15) is 0 Å². The molecule has 1 saturated carbocycles. The number of amides is 1. The molecule has 4 heteroatoms. The van der Waals surface area contributed by atoms with Crippen molar-refractivity contribution in [2.75, 3.05) is 6.54 Å². The lowest BCUT2D eigenvalue weighted by atomic mass is 10.0. The topological polar surface area (TPSA) is 59.1 Å². The summed E-state index contributed by atoms with van der Waals surface area (Å²) in [4.78, 5) is 24.5. The van der Waals surface area contributed by atoms with Crippen LogP contribution >= 0.6 is 0 Å². The predicted octanol–water partition coefficient (Wildman–Crippen LogP) is 5.52. The Hall–Kier alpha value is -2.49. The lowest BCUT2D eigenvalue weighted by molar-refractivity contribution is -0.123. The molecule has 1 unspecified atom stereocenters. The van der Waals surface area contributed by atoms with Crippen molar-refractivity contribution in [2.24, 2.45) is 11.8 Å². The number of pyridine rings is 1. The van der Waals surface area contributed by atoms with Gasteiger partial charge in [0.15, 0.2) is 0 Å². The van der Waals surface area contributed by atoms with E-state index in [0.29, 0.717) is 0 Å². The lowest BCUT2D eigenvalue weighted by Crippen LogP contribution is -2.25. The number of nitrogens with zero attached hydrogens (tertiary/aromatic N) is 1. The van der Waals surface area contributed by atoms with Crippen LogP contribution in [0.2, 0.25) is 0 Å². The number of ketones is 1. The zero-order valence-corrected chi connectivity index (χ0v) is 18.8. The summed E-state index contributed by atoms with van der Waals surface area (Å²) >= 11 is 0. The maximum absolute atomic E-state index is 10.1. The summed E-state index contributed by atoms with van der Waals surface area (Å²) in [6, 6.07) is 12.5. The molecule has 1 aromatic carbocycles. The van der Waals surface area contributed by atoms with E-state index in [1.165, 1.54) is 49.8 Å². The standard InChI is InChI=1S/C13H13N.C7H14.C5H9NO2/c1-10-7-11(2)9-12(8-10)13-5-3-4-6-14-13;1-3-6(2)7-4-5-7;1-4(7)3-6-5(2)8/h3-9H,1-2H3;6-7H,3-5H2,1-2H3;3H2,1-2H3,(H,6,8). The molecule has 1 aromatic heterocycles. The van der Waals surface area contributed by atoms with Crippen molar-refractivity contribution in [3.63, 3.8) is 0 Å². The van der Waals surface area contributed by atoms with Gasteiger partial charge in [0.2, 0.25) is 5.91 Å². The van der Waals surface area contributed by atoms with E-state index in [0.717, 1.165) is 17.5 Å². The summed E-state index contributed by atoms with van der Waals surface area (Å²) in [5, 5.41) is 2.36. The molecule has 4 nitrogen and oxygen atoms in total. The first-order valence-electron chi connectivity index (χ1n) is 10.5. The molecule has 0 bridgehead atoms. The summed E-state index contributed by atoms with van der Waals surface area (Å²) in [7, 11) is 0. The minimum atomic E-state index is -0.166. The molecule has 1 amide bonds. The monoisotopic (exact) mass is 396 g/mol. The SMILES string of the molecule is CC(=O)CNC(C)=O.CCC(C)C1CC1.Cc1cc(C)cc(-c2ccccn2)c1. The van der Waals surface area contributed by atoms with E-state index in [4.69, 9.17) is 0 Å². The van der Waals surface area contributed by atoms with Gasteiger partial charge in [-0.1, -0.05) is 43.5 Å². The quantitative estimate of drug-likeness (QED) is 0.724. The molecular weight excluding hydrogens is 360 g/mol. The molecule has 1 aliphatic carbocycles. The third-order valence-corrected chi connectivity index (χ3v) is 4.84. The van der Waals surface area contributed by atoms with Crippen molar-refractivity contribution < 1.29 is 9.59 Å². The maximum Gasteiger partial charge on any atom is 0.217 e. The number of aryl methyl sites for hydroxylation is 2. The number of carbonyl (C=O) groups excluding carboxylic acids is 2.